The quantitative estimate of drug-likeness (QED) is 0.660. The van der Waals surface area contributed by atoms with Gasteiger partial charge in [0.25, 0.3) is 0 Å². The van der Waals surface area contributed by atoms with Gasteiger partial charge in [0.1, 0.15) is 17.4 Å². The molecule has 0 spiro atoms. The van der Waals surface area contributed by atoms with E-state index in [9.17, 15) is 4.39 Å². The Kier molecular flexibility index (Phi) is 3.74. The molecule has 3 rings (SSSR count). The number of nitrogens with zero attached hydrogens (tertiary/aromatic N) is 2. The van der Waals surface area contributed by atoms with Crippen molar-refractivity contribution < 1.29 is 9.13 Å². The highest BCUT2D eigenvalue weighted by Crippen LogP contribution is 2.28. The van der Waals surface area contributed by atoms with Gasteiger partial charge in [-0.3, -0.25) is 4.57 Å². The maximum atomic E-state index is 14.2. The fourth-order valence-corrected chi connectivity index (χ4v) is 2.59. The summed E-state index contributed by atoms with van der Waals surface area (Å²) in [5.74, 6) is 0.954. The largest absolute Gasteiger partial charge is 0.497 e. The lowest BCUT2D eigenvalue weighted by Gasteiger charge is -2.10. The summed E-state index contributed by atoms with van der Waals surface area (Å²) in [6, 6.07) is 9.91. The zero-order chi connectivity index (χ0) is 15.0. The van der Waals surface area contributed by atoms with Gasteiger partial charge in [-0.15, -0.1) is 11.6 Å². The summed E-state index contributed by atoms with van der Waals surface area (Å²) in [5.41, 5.74) is 1.80. The molecule has 1 heterocycles. The second kappa shape index (κ2) is 5.54. The van der Waals surface area contributed by atoms with Crippen LogP contribution < -0.4 is 4.74 Å². The Labute approximate surface area is 130 Å². The Morgan fingerprint density at radius 3 is 2.71 bits per heavy atom. The van der Waals surface area contributed by atoms with E-state index in [1.54, 1.807) is 35.9 Å². The van der Waals surface area contributed by atoms with E-state index in [0.717, 1.165) is 11.0 Å². The average Bonchev–Trinajstić information content (AvgIpc) is 2.84. The first-order valence-electron chi connectivity index (χ1n) is 6.21. The van der Waals surface area contributed by atoms with Gasteiger partial charge in [-0.1, -0.05) is 11.6 Å². The SMILES string of the molecule is COc1ccc2nc(CCl)n(-c3ccc(Cl)cc3F)c2c1. The number of fused-ring (bicyclic) bond motifs is 1. The average molecular weight is 325 g/mol. The maximum absolute atomic E-state index is 14.2. The van der Waals surface area contributed by atoms with Crippen molar-refractivity contribution in [2.75, 3.05) is 7.11 Å². The number of halogens is 3. The minimum absolute atomic E-state index is 0.166. The number of rotatable bonds is 3. The lowest BCUT2D eigenvalue weighted by atomic mass is 10.2. The van der Waals surface area contributed by atoms with Gasteiger partial charge in [0.05, 0.1) is 29.7 Å². The molecule has 3 aromatic rings. The van der Waals surface area contributed by atoms with Crippen LogP contribution in [-0.2, 0) is 5.88 Å². The van der Waals surface area contributed by atoms with Crippen LogP contribution >= 0.6 is 23.2 Å². The molecule has 6 heteroatoms. The third-order valence-corrected chi connectivity index (χ3v) is 3.68. The molecule has 0 bridgehead atoms. The molecule has 0 amide bonds. The third kappa shape index (κ3) is 2.45. The summed E-state index contributed by atoms with van der Waals surface area (Å²) >= 11 is 11.8. The maximum Gasteiger partial charge on any atom is 0.148 e. The Hall–Kier alpha value is -1.78. The van der Waals surface area contributed by atoms with Crippen molar-refractivity contribution in [3.63, 3.8) is 0 Å². The minimum Gasteiger partial charge on any atom is -0.497 e. The summed E-state index contributed by atoms with van der Waals surface area (Å²) < 4.78 is 21.1. The predicted molar refractivity (Wildman–Crippen MR) is 82.1 cm³/mol. The van der Waals surface area contributed by atoms with Crippen LogP contribution in [0.25, 0.3) is 16.7 Å². The number of hydrogen-bond donors (Lipinski definition) is 0. The first-order valence-corrected chi connectivity index (χ1v) is 7.12. The molecule has 3 nitrogen and oxygen atoms in total. The Morgan fingerprint density at radius 1 is 1.24 bits per heavy atom. The van der Waals surface area contributed by atoms with Gasteiger partial charge in [0, 0.05) is 11.1 Å². The highest BCUT2D eigenvalue weighted by Gasteiger charge is 2.15. The standard InChI is InChI=1S/C15H11Cl2FN2O/c1-21-10-3-4-12-14(7-10)20(15(8-16)19-12)13-5-2-9(17)6-11(13)18/h2-7H,8H2,1H3. The number of imidazole rings is 1. The van der Waals surface area contributed by atoms with Gasteiger partial charge < -0.3 is 4.74 Å². The summed E-state index contributed by atoms with van der Waals surface area (Å²) in [5, 5.41) is 0.339. The van der Waals surface area contributed by atoms with E-state index in [2.05, 4.69) is 4.98 Å². The monoisotopic (exact) mass is 324 g/mol. The number of alkyl halides is 1. The van der Waals surface area contributed by atoms with Crippen LogP contribution in [0.2, 0.25) is 5.02 Å². The molecule has 108 valence electrons. The molecule has 0 fully saturated rings. The molecule has 0 aliphatic carbocycles. The van der Waals surface area contributed by atoms with Crippen LogP contribution in [0, 0.1) is 5.82 Å². The van der Waals surface area contributed by atoms with Gasteiger partial charge in [-0.25, -0.2) is 9.37 Å². The van der Waals surface area contributed by atoms with Gasteiger partial charge in [0.2, 0.25) is 0 Å². The predicted octanol–water partition coefficient (Wildman–Crippen LogP) is 4.57. The Bertz CT molecular complexity index is 817. The lowest BCUT2D eigenvalue weighted by Crippen LogP contribution is -2.02. The molecular weight excluding hydrogens is 314 g/mol. The molecule has 0 radical (unpaired) electrons. The van der Waals surface area contributed by atoms with Crippen molar-refractivity contribution in [3.8, 4) is 11.4 Å². The summed E-state index contributed by atoms with van der Waals surface area (Å²) in [7, 11) is 1.58. The zero-order valence-electron chi connectivity index (χ0n) is 11.1. The van der Waals surface area contributed by atoms with Crippen LogP contribution in [0.15, 0.2) is 36.4 Å². The fraction of sp³-hybridized carbons (Fsp3) is 0.133. The fourth-order valence-electron chi connectivity index (χ4n) is 2.25. The molecule has 0 unspecified atom stereocenters. The van der Waals surface area contributed by atoms with Crippen LogP contribution in [0.3, 0.4) is 0 Å². The molecule has 0 saturated heterocycles. The Morgan fingerprint density at radius 2 is 2.05 bits per heavy atom. The first-order chi connectivity index (χ1) is 10.1. The molecule has 0 saturated carbocycles. The smallest absolute Gasteiger partial charge is 0.148 e. The van der Waals surface area contributed by atoms with E-state index in [1.807, 2.05) is 6.07 Å². The number of aromatic nitrogens is 2. The number of benzene rings is 2. The van der Waals surface area contributed by atoms with Gasteiger partial charge in [-0.2, -0.15) is 0 Å². The number of hydrogen-bond acceptors (Lipinski definition) is 2. The van der Waals surface area contributed by atoms with Gasteiger partial charge in [0.15, 0.2) is 0 Å². The molecule has 21 heavy (non-hydrogen) atoms. The molecule has 1 aromatic heterocycles. The van der Waals surface area contributed by atoms with Crippen LogP contribution in [-0.4, -0.2) is 16.7 Å². The topological polar surface area (TPSA) is 27.1 Å². The van der Waals surface area contributed by atoms with Gasteiger partial charge in [-0.05, 0) is 30.3 Å². The summed E-state index contributed by atoms with van der Waals surface area (Å²) in [6.07, 6.45) is 0. The van der Waals surface area contributed by atoms with Crippen molar-refractivity contribution in [1.29, 1.82) is 0 Å². The molecular formula is C15H11Cl2FN2O. The molecule has 0 aliphatic rings. The van der Waals surface area contributed by atoms with Crippen molar-refractivity contribution in [1.82, 2.24) is 9.55 Å². The van der Waals surface area contributed by atoms with Crippen LogP contribution in [0.1, 0.15) is 5.82 Å². The highest BCUT2D eigenvalue weighted by molar-refractivity contribution is 6.30. The minimum atomic E-state index is -0.434. The van der Waals surface area contributed by atoms with Crippen molar-refractivity contribution in [2.45, 2.75) is 5.88 Å². The highest BCUT2D eigenvalue weighted by atomic mass is 35.5. The van der Waals surface area contributed by atoms with E-state index < -0.39 is 5.82 Å². The molecule has 0 aliphatic heterocycles. The molecule has 2 aromatic carbocycles. The third-order valence-electron chi connectivity index (χ3n) is 3.20. The van der Waals surface area contributed by atoms with Crippen molar-refractivity contribution >= 4 is 34.2 Å². The van der Waals surface area contributed by atoms with Crippen molar-refractivity contribution in [3.05, 3.63) is 53.1 Å². The van der Waals surface area contributed by atoms with E-state index in [-0.39, 0.29) is 5.88 Å². The molecule has 0 atom stereocenters. The Balaban J connectivity index is 2.33. The second-order valence-electron chi connectivity index (χ2n) is 4.45. The molecule has 0 N–H and O–H groups in total. The van der Waals surface area contributed by atoms with E-state index in [4.69, 9.17) is 27.9 Å². The summed E-state index contributed by atoms with van der Waals surface area (Å²) in [6.45, 7) is 0. The van der Waals surface area contributed by atoms with E-state index >= 15 is 0 Å². The van der Waals surface area contributed by atoms with Gasteiger partial charge >= 0.3 is 0 Å². The number of methoxy groups -OCH3 is 1. The van der Waals surface area contributed by atoms with E-state index in [0.29, 0.717) is 22.3 Å². The normalized spacial score (nSPS) is 11.0. The number of ether oxygens (including phenoxy) is 1. The van der Waals surface area contributed by atoms with E-state index in [1.165, 1.54) is 6.07 Å². The second-order valence-corrected chi connectivity index (χ2v) is 5.15. The van der Waals surface area contributed by atoms with Crippen molar-refractivity contribution in [2.24, 2.45) is 0 Å². The lowest BCUT2D eigenvalue weighted by molar-refractivity contribution is 0.415. The zero-order valence-corrected chi connectivity index (χ0v) is 12.6. The van der Waals surface area contributed by atoms with Crippen LogP contribution in [0.4, 0.5) is 4.39 Å². The summed E-state index contributed by atoms with van der Waals surface area (Å²) in [4.78, 5) is 4.42. The first kappa shape index (κ1) is 14.2. The van der Waals surface area contributed by atoms with Crippen LogP contribution in [0.5, 0.6) is 5.75 Å².